The number of guanidine groups is 1. The third kappa shape index (κ3) is 13.9. The van der Waals surface area contributed by atoms with Gasteiger partial charge in [-0.15, -0.1) is 0 Å². The Morgan fingerprint density at radius 1 is 1.16 bits per heavy atom. The molecule has 10 nitrogen and oxygen atoms in total. The van der Waals surface area contributed by atoms with E-state index in [1.54, 1.807) is 38.9 Å². The quantitative estimate of drug-likeness (QED) is 0.283. The summed E-state index contributed by atoms with van der Waals surface area (Å²) >= 11 is 0. The molecule has 0 aliphatic carbocycles. The highest BCUT2D eigenvalue weighted by Crippen LogP contribution is 1.82. The maximum atomic E-state index is 8.63. The van der Waals surface area contributed by atoms with Crippen molar-refractivity contribution in [2.24, 2.45) is 15.7 Å². The number of nitrogens with one attached hydrogen (secondary N) is 3. The molecule has 0 saturated heterocycles. The van der Waals surface area contributed by atoms with Crippen LogP contribution in [0, 0.1) is 0 Å². The van der Waals surface area contributed by atoms with Crippen molar-refractivity contribution in [2.45, 2.75) is 25.9 Å². The molecule has 146 valence electrons. The molecule has 10 heteroatoms. The fraction of sp³-hybridized carbons (Fsp3) is 0.667. The zero-order valence-corrected chi connectivity index (χ0v) is 16.1. The van der Waals surface area contributed by atoms with Gasteiger partial charge in [0.05, 0.1) is 13.2 Å². The fourth-order valence-corrected chi connectivity index (χ4v) is 1.25. The number of nitrogens with zero attached hydrogens (tertiary/aromatic N) is 4. The highest BCUT2D eigenvalue weighted by molar-refractivity contribution is 5.80. The van der Waals surface area contributed by atoms with Crippen LogP contribution in [-0.2, 0) is 0 Å². The van der Waals surface area contributed by atoms with E-state index in [0.717, 1.165) is 5.96 Å². The number of aliphatic hydroxyl groups excluding tert-OH is 2. The van der Waals surface area contributed by atoms with Crippen molar-refractivity contribution in [1.29, 1.82) is 0 Å². The SMILES string of the molecule is CN=C(NC)N[C@H](C)CO.CN=C(NC)n1cccn1.C[C@@H](N)CO. The van der Waals surface area contributed by atoms with Crippen LogP contribution in [-0.4, -0.2) is 85.4 Å². The Morgan fingerprint density at radius 3 is 2.04 bits per heavy atom. The molecular weight excluding hydrogens is 324 g/mol. The van der Waals surface area contributed by atoms with Crippen LogP contribution < -0.4 is 21.7 Å². The van der Waals surface area contributed by atoms with Gasteiger partial charge in [0.15, 0.2) is 5.96 Å². The molecule has 0 aliphatic heterocycles. The normalized spacial score (nSPS) is 13.5. The molecule has 0 aliphatic rings. The van der Waals surface area contributed by atoms with Gasteiger partial charge in [-0.2, -0.15) is 5.10 Å². The Bertz CT molecular complexity index is 460. The van der Waals surface area contributed by atoms with Crippen molar-refractivity contribution >= 4 is 11.9 Å². The first-order valence-corrected chi connectivity index (χ1v) is 7.92. The first-order chi connectivity index (χ1) is 11.9. The van der Waals surface area contributed by atoms with Crippen LogP contribution in [0.15, 0.2) is 28.4 Å². The van der Waals surface area contributed by atoms with Gasteiger partial charge in [0.2, 0.25) is 5.96 Å². The maximum Gasteiger partial charge on any atom is 0.218 e. The van der Waals surface area contributed by atoms with E-state index < -0.39 is 0 Å². The zero-order chi connectivity index (χ0) is 19.7. The lowest BCUT2D eigenvalue weighted by molar-refractivity contribution is 0.263. The summed E-state index contributed by atoms with van der Waals surface area (Å²) < 4.78 is 1.67. The van der Waals surface area contributed by atoms with Gasteiger partial charge in [-0.3, -0.25) is 9.98 Å². The molecule has 0 fully saturated rings. The second kappa shape index (κ2) is 16.7. The lowest BCUT2D eigenvalue weighted by Crippen LogP contribution is -2.41. The van der Waals surface area contributed by atoms with Crippen molar-refractivity contribution in [3.8, 4) is 0 Å². The molecule has 0 unspecified atom stereocenters. The van der Waals surface area contributed by atoms with E-state index in [4.69, 9.17) is 15.9 Å². The average molecular weight is 358 g/mol. The topological polar surface area (TPSA) is 145 Å². The largest absolute Gasteiger partial charge is 0.395 e. The summed E-state index contributed by atoms with van der Waals surface area (Å²) in [5, 5.41) is 29.3. The van der Waals surface area contributed by atoms with Crippen LogP contribution in [0.2, 0.25) is 0 Å². The number of aliphatic imine (C=N–C) groups is 2. The van der Waals surface area contributed by atoms with Gasteiger partial charge in [0.25, 0.3) is 0 Å². The molecule has 1 aromatic rings. The Labute approximate surface area is 150 Å². The van der Waals surface area contributed by atoms with Gasteiger partial charge < -0.3 is 31.9 Å². The van der Waals surface area contributed by atoms with Crippen LogP contribution in [0.5, 0.6) is 0 Å². The number of rotatable bonds is 3. The van der Waals surface area contributed by atoms with Crippen LogP contribution in [0.25, 0.3) is 0 Å². The summed E-state index contributed by atoms with van der Waals surface area (Å²) in [5.41, 5.74) is 5.04. The van der Waals surface area contributed by atoms with Crippen LogP contribution in [0.1, 0.15) is 13.8 Å². The Morgan fingerprint density at radius 2 is 1.76 bits per heavy atom. The van der Waals surface area contributed by atoms with Crippen molar-refractivity contribution in [3.63, 3.8) is 0 Å². The Hall–Kier alpha value is -2.17. The predicted molar refractivity (Wildman–Crippen MR) is 103 cm³/mol. The monoisotopic (exact) mass is 358 g/mol. The third-order valence-electron chi connectivity index (χ3n) is 2.56. The first kappa shape index (κ1) is 25.1. The minimum Gasteiger partial charge on any atom is -0.395 e. The first-order valence-electron chi connectivity index (χ1n) is 7.92. The highest BCUT2D eigenvalue weighted by Gasteiger charge is 1.99. The van der Waals surface area contributed by atoms with E-state index in [-0.39, 0.29) is 25.3 Å². The second-order valence-electron chi connectivity index (χ2n) is 4.96. The lowest BCUT2D eigenvalue weighted by atomic mass is 10.4. The van der Waals surface area contributed by atoms with E-state index in [1.807, 2.05) is 26.2 Å². The van der Waals surface area contributed by atoms with Crippen LogP contribution >= 0.6 is 0 Å². The number of nitrogens with two attached hydrogens (primary N) is 1. The van der Waals surface area contributed by atoms with Gasteiger partial charge in [0, 0.05) is 52.7 Å². The number of hydrogen-bond donors (Lipinski definition) is 6. The molecule has 2 atom stereocenters. The summed E-state index contributed by atoms with van der Waals surface area (Å²) in [7, 11) is 6.99. The van der Waals surface area contributed by atoms with Gasteiger partial charge in [-0.1, -0.05) is 0 Å². The van der Waals surface area contributed by atoms with Crippen molar-refractivity contribution in [3.05, 3.63) is 18.5 Å². The molecule has 7 N–H and O–H groups in total. The smallest absolute Gasteiger partial charge is 0.218 e. The number of aromatic nitrogens is 2. The average Bonchev–Trinajstić information content (AvgIpc) is 3.16. The summed E-state index contributed by atoms with van der Waals surface area (Å²) in [5.74, 6) is 1.44. The van der Waals surface area contributed by atoms with E-state index in [1.165, 1.54) is 0 Å². The van der Waals surface area contributed by atoms with Gasteiger partial charge in [0.1, 0.15) is 0 Å². The summed E-state index contributed by atoms with van der Waals surface area (Å²) in [6.45, 7) is 3.82. The summed E-state index contributed by atoms with van der Waals surface area (Å²) in [6.07, 6.45) is 3.54. The Balaban J connectivity index is 0. The van der Waals surface area contributed by atoms with Crippen molar-refractivity contribution in [2.75, 3.05) is 41.4 Å². The van der Waals surface area contributed by atoms with Crippen molar-refractivity contribution in [1.82, 2.24) is 25.7 Å². The van der Waals surface area contributed by atoms with Gasteiger partial charge in [-0.25, -0.2) is 4.68 Å². The zero-order valence-electron chi connectivity index (χ0n) is 16.1. The van der Waals surface area contributed by atoms with E-state index in [0.29, 0.717) is 5.96 Å². The Kier molecular flexibility index (Phi) is 16.7. The molecule has 0 spiro atoms. The van der Waals surface area contributed by atoms with Crippen molar-refractivity contribution < 1.29 is 10.2 Å². The molecule has 0 aromatic carbocycles. The molecule has 0 bridgehead atoms. The predicted octanol–water partition coefficient (Wildman–Crippen LogP) is -1.58. The fourth-order valence-electron chi connectivity index (χ4n) is 1.25. The number of hydrogen-bond acceptors (Lipinski definition) is 6. The minimum absolute atomic E-state index is 0.0474. The molecule has 0 amide bonds. The second-order valence-corrected chi connectivity index (χ2v) is 4.96. The molecule has 0 radical (unpaired) electrons. The molecular formula is C15H34N8O2. The summed E-state index contributed by atoms with van der Waals surface area (Å²) in [4.78, 5) is 7.83. The van der Waals surface area contributed by atoms with Gasteiger partial charge >= 0.3 is 0 Å². The van der Waals surface area contributed by atoms with Gasteiger partial charge in [-0.05, 0) is 19.9 Å². The minimum atomic E-state index is -0.0602. The maximum absolute atomic E-state index is 8.63. The molecule has 1 rings (SSSR count). The highest BCUT2D eigenvalue weighted by atomic mass is 16.3. The standard InChI is InChI=1S/C6H10N4.C6H15N3O.C3H9NO/c1-7-6(8-2)10-5-3-4-9-10;1-5(4-10)9-6(7-2)8-3;1-3(4)2-5/h3-5H,1-2H3,(H,7,8);5,10H,4H2,1-3H3,(H2,7,8,9);3,5H,2,4H2,1H3/t;5-;3-/m.11/s1. The third-order valence-corrected chi connectivity index (χ3v) is 2.56. The summed E-state index contributed by atoms with van der Waals surface area (Å²) in [6, 6.07) is 1.84. The molecule has 0 saturated carbocycles. The molecule has 1 heterocycles. The lowest BCUT2D eigenvalue weighted by Gasteiger charge is -2.12. The van der Waals surface area contributed by atoms with Crippen LogP contribution in [0.4, 0.5) is 0 Å². The van der Waals surface area contributed by atoms with E-state index >= 15 is 0 Å². The van der Waals surface area contributed by atoms with E-state index in [9.17, 15) is 0 Å². The number of aliphatic hydroxyl groups is 2. The van der Waals surface area contributed by atoms with E-state index in [2.05, 4.69) is 31.0 Å². The molecule has 1 aromatic heterocycles. The van der Waals surface area contributed by atoms with Crippen LogP contribution in [0.3, 0.4) is 0 Å². The molecule has 25 heavy (non-hydrogen) atoms.